The van der Waals surface area contributed by atoms with Gasteiger partial charge in [0.2, 0.25) is 0 Å². The molecule has 0 spiro atoms. The maximum absolute atomic E-state index is 14.9. The van der Waals surface area contributed by atoms with Crippen molar-refractivity contribution in [2.75, 3.05) is 26.2 Å². The zero-order valence-electron chi connectivity index (χ0n) is 21.1. The number of benzene rings is 2. The molecule has 0 saturated carbocycles. The average Bonchev–Trinajstić information content (AvgIpc) is 3.10. The van der Waals surface area contributed by atoms with Crippen molar-refractivity contribution in [3.05, 3.63) is 65.4 Å². The molecule has 0 aliphatic carbocycles. The van der Waals surface area contributed by atoms with Gasteiger partial charge >= 0.3 is 12.2 Å². The highest BCUT2D eigenvalue weighted by Gasteiger charge is 2.39. The fourth-order valence-electron chi connectivity index (χ4n) is 4.69. The van der Waals surface area contributed by atoms with Crippen LogP contribution in [0, 0.1) is 17.6 Å². The Balaban J connectivity index is 1.23. The number of ether oxygens (including phenoxy) is 2. The van der Waals surface area contributed by atoms with Crippen LogP contribution in [0.2, 0.25) is 0 Å². The van der Waals surface area contributed by atoms with Crippen LogP contribution in [0.25, 0.3) is 10.9 Å². The van der Waals surface area contributed by atoms with E-state index >= 15 is 0 Å². The number of hydrogen-bond acceptors (Lipinski definition) is 5. The predicted molar refractivity (Wildman–Crippen MR) is 132 cm³/mol. The Labute approximate surface area is 213 Å². The summed E-state index contributed by atoms with van der Waals surface area (Å²) in [6.07, 6.45) is -0.812. The maximum atomic E-state index is 14.9. The lowest BCUT2D eigenvalue weighted by Gasteiger charge is -2.39. The monoisotopic (exact) mass is 512 g/mol. The molecular weight excluding hydrogens is 482 g/mol. The molecule has 2 aliphatic rings. The van der Waals surface area contributed by atoms with Gasteiger partial charge in [-0.05, 0) is 32.4 Å². The van der Waals surface area contributed by atoms with Crippen molar-refractivity contribution in [1.29, 1.82) is 0 Å². The van der Waals surface area contributed by atoms with Crippen LogP contribution < -0.4 is 0 Å². The van der Waals surface area contributed by atoms with Crippen LogP contribution >= 0.6 is 0 Å². The number of fused-ring (bicyclic) bond motifs is 1. The topological polar surface area (TPSA) is 76.9 Å². The summed E-state index contributed by atoms with van der Waals surface area (Å²) >= 11 is 0. The third-order valence-electron chi connectivity index (χ3n) is 6.57. The van der Waals surface area contributed by atoms with Gasteiger partial charge in [-0.25, -0.2) is 18.4 Å². The second-order valence-corrected chi connectivity index (χ2v) is 10.7. The molecule has 10 heteroatoms. The molecule has 2 aromatic carbocycles. The second-order valence-electron chi connectivity index (χ2n) is 10.7. The number of carbonyl (C=O) groups is 2. The molecule has 5 rings (SSSR count). The number of carbonyl (C=O) groups excluding carboxylic acids is 2. The van der Waals surface area contributed by atoms with Crippen LogP contribution in [0.3, 0.4) is 0 Å². The standard InChI is InChI=1S/C27H30F2N4O4/c1-27(2,3)37-26(35)32-14-19(15-32)24-23-21(29)9-20(28)10-22(23)33(30-24)13-18-11-31(12-18)25(34)36-16-17-7-5-4-6-8-17/h4-10,18-19H,11-16H2,1-3H3. The summed E-state index contributed by atoms with van der Waals surface area (Å²) in [6.45, 7) is 7.64. The molecule has 1 aromatic heterocycles. The summed E-state index contributed by atoms with van der Waals surface area (Å²) in [5, 5.41) is 4.92. The predicted octanol–water partition coefficient (Wildman–Crippen LogP) is 4.92. The molecule has 0 bridgehead atoms. The van der Waals surface area contributed by atoms with Gasteiger partial charge in [0.05, 0.1) is 16.6 Å². The van der Waals surface area contributed by atoms with Crippen molar-refractivity contribution in [3.63, 3.8) is 0 Å². The summed E-state index contributed by atoms with van der Waals surface area (Å²) in [6, 6.07) is 11.6. The fraction of sp³-hybridized carbons (Fsp3) is 0.444. The van der Waals surface area contributed by atoms with Crippen LogP contribution in [-0.2, 0) is 22.6 Å². The summed E-state index contributed by atoms with van der Waals surface area (Å²) in [4.78, 5) is 27.8. The van der Waals surface area contributed by atoms with Crippen molar-refractivity contribution in [2.45, 2.75) is 45.4 Å². The Morgan fingerprint density at radius 3 is 2.35 bits per heavy atom. The van der Waals surface area contributed by atoms with E-state index in [0.29, 0.717) is 43.9 Å². The van der Waals surface area contributed by atoms with Crippen LogP contribution in [0.1, 0.15) is 37.9 Å². The highest BCUT2D eigenvalue weighted by atomic mass is 19.1. The number of rotatable bonds is 5. The van der Waals surface area contributed by atoms with Gasteiger partial charge < -0.3 is 19.3 Å². The minimum absolute atomic E-state index is 0.0752. The zero-order chi connectivity index (χ0) is 26.3. The summed E-state index contributed by atoms with van der Waals surface area (Å²) in [7, 11) is 0. The number of nitrogens with zero attached hydrogens (tertiary/aromatic N) is 4. The van der Waals surface area contributed by atoms with Crippen LogP contribution in [0.15, 0.2) is 42.5 Å². The van der Waals surface area contributed by atoms with E-state index in [0.717, 1.165) is 11.6 Å². The molecule has 2 amide bonds. The zero-order valence-corrected chi connectivity index (χ0v) is 21.1. The lowest BCUT2D eigenvalue weighted by molar-refractivity contribution is 0.00783. The molecule has 196 valence electrons. The van der Waals surface area contributed by atoms with Crippen molar-refractivity contribution >= 4 is 23.1 Å². The van der Waals surface area contributed by atoms with Gasteiger partial charge in [0.1, 0.15) is 23.8 Å². The normalized spacial score (nSPS) is 16.5. The number of aromatic nitrogens is 2. The third-order valence-corrected chi connectivity index (χ3v) is 6.57. The van der Waals surface area contributed by atoms with Gasteiger partial charge in [-0.1, -0.05) is 30.3 Å². The number of halogens is 2. The van der Waals surface area contributed by atoms with Gasteiger partial charge in [0.15, 0.2) is 0 Å². The number of amides is 2. The molecule has 0 atom stereocenters. The molecule has 0 unspecified atom stereocenters. The van der Waals surface area contributed by atoms with Gasteiger partial charge in [-0.2, -0.15) is 5.10 Å². The van der Waals surface area contributed by atoms with E-state index in [1.54, 1.807) is 35.3 Å². The Hall–Kier alpha value is -3.69. The maximum Gasteiger partial charge on any atom is 0.410 e. The van der Waals surface area contributed by atoms with Gasteiger partial charge in [-0.3, -0.25) is 4.68 Å². The van der Waals surface area contributed by atoms with Crippen LogP contribution in [0.5, 0.6) is 0 Å². The van der Waals surface area contributed by atoms with Crippen LogP contribution in [-0.4, -0.2) is 63.5 Å². The number of likely N-dealkylation sites (tertiary alicyclic amines) is 2. The first kappa shape index (κ1) is 25.0. The van der Waals surface area contributed by atoms with E-state index in [1.165, 1.54) is 6.07 Å². The smallest absolute Gasteiger partial charge is 0.410 e. The first-order valence-corrected chi connectivity index (χ1v) is 12.4. The second kappa shape index (κ2) is 9.64. The van der Waals surface area contributed by atoms with Crippen LogP contribution in [0.4, 0.5) is 18.4 Å². The SMILES string of the molecule is CC(C)(C)OC(=O)N1CC(c2nn(CC3CN(C(=O)OCc4ccccc4)C3)c3cc(F)cc(F)c23)C1. The Morgan fingerprint density at radius 1 is 1.00 bits per heavy atom. The van der Waals surface area contributed by atoms with E-state index in [1.807, 2.05) is 30.3 Å². The van der Waals surface area contributed by atoms with E-state index in [9.17, 15) is 18.4 Å². The van der Waals surface area contributed by atoms with E-state index < -0.39 is 23.3 Å². The van der Waals surface area contributed by atoms with E-state index in [2.05, 4.69) is 5.10 Å². The minimum atomic E-state index is -0.679. The molecule has 37 heavy (non-hydrogen) atoms. The molecule has 8 nitrogen and oxygen atoms in total. The summed E-state index contributed by atoms with van der Waals surface area (Å²) in [5.41, 5.74) is 1.18. The fourth-order valence-corrected chi connectivity index (χ4v) is 4.69. The van der Waals surface area contributed by atoms with Crippen molar-refractivity contribution < 1.29 is 27.8 Å². The lowest BCUT2D eigenvalue weighted by atomic mass is 9.94. The molecule has 2 saturated heterocycles. The van der Waals surface area contributed by atoms with Crippen molar-refractivity contribution in [2.24, 2.45) is 5.92 Å². The first-order valence-electron chi connectivity index (χ1n) is 12.4. The van der Waals surface area contributed by atoms with E-state index in [4.69, 9.17) is 9.47 Å². The van der Waals surface area contributed by atoms with Crippen molar-refractivity contribution in [1.82, 2.24) is 19.6 Å². The Kier molecular flexibility index (Phi) is 6.51. The quantitative estimate of drug-likeness (QED) is 0.485. The Morgan fingerprint density at radius 2 is 1.68 bits per heavy atom. The van der Waals surface area contributed by atoms with Gasteiger partial charge in [0, 0.05) is 50.6 Å². The average molecular weight is 513 g/mol. The molecule has 0 N–H and O–H groups in total. The minimum Gasteiger partial charge on any atom is -0.445 e. The highest BCUT2D eigenvalue weighted by molar-refractivity contribution is 5.84. The Bertz CT molecular complexity index is 1310. The van der Waals surface area contributed by atoms with Gasteiger partial charge in [0.25, 0.3) is 0 Å². The molecular formula is C27H30F2N4O4. The molecule has 3 heterocycles. The molecule has 2 aliphatic heterocycles. The van der Waals surface area contributed by atoms with E-state index in [-0.39, 0.29) is 29.9 Å². The first-order chi connectivity index (χ1) is 17.6. The van der Waals surface area contributed by atoms with Crippen molar-refractivity contribution in [3.8, 4) is 0 Å². The summed E-state index contributed by atoms with van der Waals surface area (Å²) < 4.78 is 41.4. The number of hydrogen-bond donors (Lipinski definition) is 0. The molecule has 2 fully saturated rings. The lowest BCUT2D eigenvalue weighted by Crippen LogP contribution is -2.51. The third kappa shape index (κ3) is 5.38. The summed E-state index contributed by atoms with van der Waals surface area (Å²) in [5.74, 6) is -1.46. The highest BCUT2D eigenvalue weighted by Crippen LogP contribution is 2.35. The molecule has 3 aromatic rings. The van der Waals surface area contributed by atoms with Gasteiger partial charge in [-0.15, -0.1) is 0 Å². The molecule has 0 radical (unpaired) electrons. The largest absolute Gasteiger partial charge is 0.445 e.